The van der Waals surface area contributed by atoms with E-state index in [-0.39, 0.29) is 0 Å². The highest BCUT2D eigenvalue weighted by Gasteiger charge is 2.24. The zero-order valence-electron chi connectivity index (χ0n) is 15.3. The number of rotatable bonds is 7. The molecule has 0 amide bonds. The first-order chi connectivity index (χ1) is 12.0. The van der Waals surface area contributed by atoms with Crippen molar-refractivity contribution in [2.24, 2.45) is 11.8 Å². The second kappa shape index (κ2) is 8.30. The molecule has 6 heteroatoms. The van der Waals surface area contributed by atoms with Gasteiger partial charge in [-0.15, -0.1) is 0 Å². The fraction of sp³-hybridized carbons (Fsp3) is 0.579. The van der Waals surface area contributed by atoms with Gasteiger partial charge in [-0.05, 0) is 44.0 Å². The highest BCUT2D eigenvalue weighted by molar-refractivity contribution is 6.30. The summed E-state index contributed by atoms with van der Waals surface area (Å²) in [6.07, 6.45) is 1.27. The van der Waals surface area contributed by atoms with E-state index in [2.05, 4.69) is 40.8 Å². The van der Waals surface area contributed by atoms with Crippen molar-refractivity contribution in [1.29, 1.82) is 0 Å². The Bertz CT molecular complexity index is 688. The Labute approximate surface area is 155 Å². The van der Waals surface area contributed by atoms with Gasteiger partial charge < -0.3 is 9.42 Å². The average molecular weight is 363 g/mol. The van der Waals surface area contributed by atoms with Crippen molar-refractivity contribution in [2.45, 2.75) is 26.8 Å². The Morgan fingerprint density at radius 1 is 1.40 bits per heavy atom. The molecule has 1 unspecified atom stereocenters. The van der Waals surface area contributed by atoms with Gasteiger partial charge in [-0.2, -0.15) is 4.98 Å². The molecule has 1 aromatic heterocycles. The van der Waals surface area contributed by atoms with Crippen LogP contribution < -0.4 is 0 Å². The normalized spacial score (nSPS) is 18.6. The summed E-state index contributed by atoms with van der Waals surface area (Å²) >= 11 is 6.03. The van der Waals surface area contributed by atoms with E-state index in [9.17, 15) is 0 Å². The Hall–Kier alpha value is -1.43. The molecule has 0 saturated carbocycles. The lowest BCUT2D eigenvalue weighted by molar-refractivity contribution is 0.224. The molecule has 1 atom stereocenters. The first-order valence-corrected chi connectivity index (χ1v) is 9.37. The van der Waals surface area contributed by atoms with Crippen LogP contribution in [0.4, 0.5) is 0 Å². The fourth-order valence-corrected chi connectivity index (χ4v) is 3.73. The number of aromatic nitrogens is 2. The number of halogens is 1. The van der Waals surface area contributed by atoms with Gasteiger partial charge in [-0.3, -0.25) is 4.90 Å². The quantitative estimate of drug-likeness (QED) is 0.749. The van der Waals surface area contributed by atoms with Crippen LogP contribution in [0.2, 0.25) is 5.02 Å². The molecule has 1 fully saturated rings. The molecule has 0 radical (unpaired) electrons. The van der Waals surface area contributed by atoms with Crippen molar-refractivity contribution in [2.75, 3.05) is 33.2 Å². The molecule has 25 heavy (non-hydrogen) atoms. The van der Waals surface area contributed by atoms with Crippen LogP contribution in [0.5, 0.6) is 0 Å². The van der Waals surface area contributed by atoms with E-state index >= 15 is 0 Å². The minimum Gasteiger partial charge on any atom is -0.338 e. The highest BCUT2D eigenvalue weighted by Crippen LogP contribution is 2.21. The second-order valence-electron chi connectivity index (χ2n) is 7.53. The molecule has 1 saturated heterocycles. The van der Waals surface area contributed by atoms with E-state index in [4.69, 9.17) is 16.1 Å². The summed E-state index contributed by atoms with van der Waals surface area (Å²) in [5, 5.41) is 4.75. The Balaban J connectivity index is 1.51. The summed E-state index contributed by atoms with van der Waals surface area (Å²) in [7, 11) is 2.12. The van der Waals surface area contributed by atoms with Crippen LogP contribution in [0.15, 0.2) is 28.8 Å². The van der Waals surface area contributed by atoms with Gasteiger partial charge in [0.2, 0.25) is 11.7 Å². The average Bonchev–Trinajstić information content (AvgIpc) is 3.16. The highest BCUT2D eigenvalue weighted by atomic mass is 35.5. The van der Waals surface area contributed by atoms with Crippen LogP contribution in [0.25, 0.3) is 11.4 Å². The van der Waals surface area contributed by atoms with E-state index in [1.165, 1.54) is 26.1 Å². The molecule has 3 rings (SSSR count). The number of hydrogen-bond acceptors (Lipinski definition) is 5. The summed E-state index contributed by atoms with van der Waals surface area (Å²) in [6.45, 7) is 9.92. The minimum absolute atomic E-state index is 0.592. The number of nitrogens with zero attached hydrogens (tertiary/aromatic N) is 4. The molecule has 0 N–H and O–H groups in total. The molecule has 1 aliphatic rings. The van der Waals surface area contributed by atoms with E-state index in [0.29, 0.717) is 23.3 Å². The van der Waals surface area contributed by atoms with Gasteiger partial charge in [0.15, 0.2) is 0 Å². The van der Waals surface area contributed by atoms with Crippen molar-refractivity contribution in [3.63, 3.8) is 0 Å². The third kappa shape index (κ3) is 5.27. The van der Waals surface area contributed by atoms with E-state index in [1.54, 1.807) is 0 Å². The van der Waals surface area contributed by atoms with E-state index in [0.717, 1.165) is 23.9 Å². The maximum atomic E-state index is 6.03. The lowest BCUT2D eigenvalue weighted by Crippen LogP contribution is -2.29. The van der Waals surface area contributed by atoms with Crippen molar-refractivity contribution >= 4 is 11.6 Å². The molecule has 1 aromatic carbocycles. The summed E-state index contributed by atoms with van der Waals surface area (Å²) in [5.74, 6) is 2.70. The Kier molecular flexibility index (Phi) is 6.10. The molecule has 0 aliphatic carbocycles. The topological polar surface area (TPSA) is 45.4 Å². The fourth-order valence-electron chi connectivity index (χ4n) is 3.54. The van der Waals surface area contributed by atoms with Gasteiger partial charge in [-0.25, -0.2) is 0 Å². The molecular weight excluding hydrogens is 336 g/mol. The van der Waals surface area contributed by atoms with Gasteiger partial charge in [0.25, 0.3) is 0 Å². The summed E-state index contributed by atoms with van der Waals surface area (Å²) in [4.78, 5) is 9.36. The molecule has 136 valence electrons. The van der Waals surface area contributed by atoms with Crippen LogP contribution in [0, 0.1) is 11.8 Å². The molecule has 0 bridgehead atoms. The van der Waals surface area contributed by atoms with Gasteiger partial charge in [0.05, 0.1) is 6.54 Å². The predicted octanol–water partition coefficient (Wildman–Crippen LogP) is 3.80. The maximum absolute atomic E-state index is 6.03. The van der Waals surface area contributed by atoms with Crippen molar-refractivity contribution in [1.82, 2.24) is 19.9 Å². The van der Waals surface area contributed by atoms with Crippen LogP contribution in [-0.2, 0) is 6.54 Å². The van der Waals surface area contributed by atoms with Crippen LogP contribution >= 0.6 is 11.6 Å². The number of benzene rings is 1. The summed E-state index contributed by atoms with van der Waals surface area (Å²) in [5.41, 5.74) is 0.880. The van der Waals surface area contributed by atoms with Crippen molar-refractivity contribution < 1.29 is 4.52 Å². The SMILES string of the molecule is CC(C)CN1CCC(CN(C)Cc2nc(-c3cccc(Cl)c3)no2)C1. The predicted molar refractivity (Wildman–Crippen MR) is 100 cm³/mol. The molecule has 0 spiro atoms. The van der Waals surface area contributed by atoms with Crippen LogP contribution in [-0.4, -0.2) is 53.2 Å². The first-order valence-electron chi connectivity index (χ1n) is 8.99. The molecule has 2 aromatic rings. The summed E-state index contributed by atoms with van der Waals surface area (Å²) < 4.78 is 5.41. The monoisotopic (exact) mass is 362 g/mol. The summed E-state index contributed by atoms with van der Waals surface area (Å²) in [6, 6.07) is 7.51. The standard InChI is InChI=1S/C19H27ClN4O/c1-14(2)10-24-8-7-15(12-24)11-23(3)13-18-21-19(22-25-18)16-5-4-6-17(20)9-16/h4-6,9,14-15H,7-8,10-13H2,1-3H3. The smallest absolute Gasteiger partial charge is 0.241 e. The molecular formula is C19H27ClN4O. The van der Waals surface area contributed by atoms with Gasteiger partial charge in [0.1, 0.15) is 0 Å². The molecule has 5 nitrogen and oxygen atoms in total. The lowest BCUT2D eigenvalue weighted by atomic mass is 10.1. The third-order valence-electron chi connectivity index (χ3n) is 4.52. The zero-order chi connectivity index (χ0) is 17.8. The first kappa shape index (κ1) is 18.4. The second-order valence-corrected chi connectivity index (χ2v) is 7.96. The Morgan fingerprint density at radius 2 is 2.24 bits per heavy atom. The van der Waals surface area contributed by atoms with E-state index in [1.807, 2.05) is 24.3 Å². The van der Waals surface area contributed by atoms with E-state index < -0.39 is 0 Å². The zero-order valence-corrected chi connectivity index (χ0v) is 16.0. The largest absolute Gasteiger partial charge is 0.338 e. The van der Waals surface area contributed by atoms with Crippen LogP contribution in [0.1, 0.15) is 26.2 Å². The van der Waals surface area contributed by atoms with Crippen molar-refractivity contribution in [3.8, 4) is 11.4 Å². The van der Waals surface area contributed by atoms with Gasteiger partial charge in [0, 0.05) is 30.2 Å². The maximum Gasteiger partial charge on any atom is 0.241 e. The van der Waals surface area contributed by atoms with Gasteiger partial charge >= 0.3 is 0 Å². The lowest BCUT2D eigenvalue weighted by Gasteiger charge is -2.21. The molecule has 2 heterocycles. The van der Waals surface area contributed by atoms with Gasteiger partial charge in [-0.1, -0.05) is 42.7 Å². The van der Waals surface area contributed by atoms with Crippen molar-refractivity contribution in [3.05, 3.63) is 35.2 Å². The minimum atomic E-state index is 0.592. The Morgan fingerprint density at radius 3 is 3.00 bits per heavy atom. The number of likely N-dealkylation sites (tertiary alicyclic amines) is 1. The molecule has 1 aliphatic heterocycles. The third-order valence-corrected chi connectivity index (χ3v) is 4.75. The van der Waals surface area contributed by atoms with Crippen LogP contribution in [0.3, 0.4) is 0 Å². The number of hydrogen-bond donors (Lipinski definition) is 0.